The predicted molar refractivity (Wildman–Crippen MR) is 100 cm³/mol. The van der Waals surface area contributed by atoms with E-state index in [0.717, 1.165) is 21.9 Å². The zero-order chi connectivity index (χ0) is 16.9. The van der Waals surface area contributed by atoms with Crippen LogP contribution in [-0.4, -0.2) is 20.7 Å². The van der Waals surface area contributed by atoms with E-state index in [2.05, 4.69) is 21.4 Å². The van der Waals surface area contributed by atoms with Crippen LogP contribution in [0.5, 0.6) is 0 Å². The number of nitrogens with zero attached hydrogens (tertiary/aromatic N) is 2. The number of nitrogens with one attached hydrogen (secondary N) is 1. The zero-order valence-electron chi connectivity index (χ0n) is 13.5. The molecular formula is C19H19N3OS. The number of para-hydroxylation sites is 3. The van der Waals surface area contributed by atoms with Gasteiger partial charge >= 0.3 is 0 Å². The quantitative estimate of drug-likeness (QED) is 0.537. The van der Waals surface area contributed by atoms with Crippen molar-refractivity contribution in [3.05, 3.63) is 67.3 Å². The number of hydrogen-bond acceptors (Lipinski definition) is 3. The molecule has 4 nitrogen and oxygen atoms in total. The summed E-state index contributed by atoms with van der Waals surface area (Å²) >= 11 is 1.46. The first-order chi connectivity index (χ1) is 11.7. The van der Waals surface area contributed by atoms with Gasteiger partial charge in [0.1, 0.15) is 0 Å². The number of benzene rings is 2. The fourth-order valence-corrected chi connectivity index (χ4v) is 3.36. The van der Waals surface area contributed by atoms with Crippen LogP contribution in [0, 0.1) is 0 Å². The highest BCUT2D eigenvalue weighted by Crippen LogP contribution is 2.28. The Labute approximate surface area is 145 Å². The Morgan fingerprint density at radius 3 is 2.71 bits per heavy atom. The number of anilines is 1. The van der Waals surface area contributed by atoms with Crippen molar-refractivity contribution in [1.82, 2.24) is 9.55 Å². The van der Waals surface area contributed by atoms with Crippen LogP contribution in [0.15, 0.2) is 72.4 Å². The lowest BCUT2D eigenvalue weighted by Crippen LogP contribution is -2.22. The molecule has 0 fully saturated rings. The Hall–Kier alpha value is -2.53. The lowest BCUT2D eigenvalue weighted by molar-refractivity contribution is -0.115. The van der Waals surface area contributed by atoms with Gasteiger partial charge in [0, 0.05) is 12.2 Å². The van der Waals surface area contributed by atoms with Crippen molar-refractivity contribution >= 4 is 34.4 Å². The molecular weight excluding hydrogens is 318 g/mol. The zero-order valence-corrected chi connectivity index (χ0v) is 14.3. The number of amides is 1. The second-order valence-electron chi connectivity index (χ2n) is 5.40. The van der Waals surface area contributed by atoms with E-state index in [4.69, 9.17) is 0 Å². The second-order valence-corrected chi connectivity index (χ2v) is 6.71. The molecule has 0 unspecified atom stereocenters. The lowest BCUT2D eigenvalue weighted by Gasteiger charge is -2.12. The molecule has 1 aromatic heterocycles. The van der Waals surface area contributed by atoms with Crippen molar-refractivity contribution in [2.75, 3.05) is 5.32 Å². The number of fused-ring (bicyclic) bond motifs is 1. The predicted octanol–water partition coefficient (Wildman–Crippen LogP) is 4.34. The van der Waals surface area contributed by atoms with Gasteiger partial charge in [-0.15, -0.1) is 6.58 Å². The summed E-state index contributed by atoms with van der Waals surface area (Å²) in [5.41, 5.74) is 2.78. The summed E-state index contributed by atoms with van der Waals surface area (Å²) in [5, 5.41) is 3.50. The molecule has 0 saturated heterocycles. The minimum Gasteiger partial charge on any atom is -0.325 e. The number of carbonyl (C=O) groups is 1. The van der Waals surface area contributed by atoms with Crippen molar-refractivity contribution < 1.29 is 4.79 Å². The summed E-state index contributed by atoms with van der Waals surface area (Å²) in [7, 11) is 0. The van der Waals surface area contributed by atoms with Crippen molar-refractivity contribution in [2.24, 2.45) is 0 Å². The summed E-state index contributed by atoms with van der Waals surface area (Å²) in [5.74, 6) is -0.0385. The molecule has 3 rings (SSSR count). The molecule has 0 aliphatic rings. The van der Waals surface area contributed by atoms with Crippen LogP contribution in [0.4, 0.5) is 5.69 Å². The van der Waals surface area contributed by atoms with Gasteiger partial charge < -0.3 is 9.88 Å². The highest BCUT2D eigenvalue weighted by atomic mass is 32.2. The summed E-state index contributed by atoms with van der Waals surface area (Å²) in [6.07, 6.45) is 1.84. The number of rotatable bonds is 6. The lowest BCUT2D eigenvalue weighted by atomic mass is 10.3. The van der Waals surface area contributed by atoms with Crippen molar-refractivity contribution in [1.29, 1.82) is 0 Å². The van der Waals surface area contributed by atoms with Gasteiger partial charge in [0.2, 0.25) is 5.91 Å². The molecule has 0 aliphatic carbocycles. The summed E-state index contributed by atoms with van der Waals surface area (Å²) in [6.45, 7) is 6.37. The van der Waals surface area contributed by atoms with Crippen LogP contribution in [0.1, 0.15) is 6.92 Å². The molecule has 2 aromatic carbocycles. The van der Waals surface area contributed by atoms with Crippen LogP contribution < -0.4 is 5.32 Å². The third kappa shape index (κ3) is 3.51. The van der Waals surface area contributed by atoms with Crippen molar-refractivity contribution in [2.45, 2.75) is 23.9 Å². The normalized spacial score (nSPS) is 12.0. The first-order valence-corrected chi connectivity index (χ1v) is 8.65. The molecule has 1 N–H and O–H groups in total. The highest BCUT2D eigenvalue weighted by molar-refractivity contribution is 8.00. The monoisotopic (exact) mass is 337 g/mol. The number of carbonyl (C=O) groups excluding carboxylic acids is 1. The molecule has 24 heavy (non-hydrogen) atoms. The smallest absolute Gasteiger partial charge is 0.237 e. The van der Waals surface area contributed by atoms with Crippen LogP contribution in [-0.2, 0) is 11.3 Å². The number of hydrogen-bond donors (Lipinski definition) is 1. The largest absolute Gasteiger partial charge is 0.325 e. The Balaban J connectivity index is 1.79. The van der Waals surface area contributed by atoms with E-state index in [0.29, 0.717) is 6.54 Å². The van der Waals surface area contributed by atoms with Crippen LogP contribution in [0.3, 0.4) is 0 Å². The Morgan fingerprint density at radius 2 is 1.96 bits per heavy atom. The molecule has 0 bridgehead atoms. The Morgan fingerprint density at radius 1 is 1.25 bits per heavy atom. The molecule has 3 aromatic rings. The van der Waals surface area contributed by atoms with Crippen molar-refractivity contribution in [3.8, 4) is 0 Å². The third-order valence-corrected chi connectivity index (χ3v) is 4.71. The van der Waals surface area contributed by atoms with E-state index in [-0.39, 0.29) is 11.2 Å². The molecule has 5 heteroatoms. The van der Waals surface area contributed by atoms with Crippen LogP contribution >= 0.6 is 11.8 Å². The molecule has 1 heterocycles. The second kappa shape index (κ2) is 7.36. The average Bonchev–Trinajstić information content (AvgIpc) is 2.94. The number of imidazole rings is 1. The van der Waals surface area contributed by atoms with E-state index in [1.807, 2.05) is 67.6 Å². The summed E-state index contributed by atoms with van der Waals surface area (Å²) < 4.78 is 2.08. The van der Waals surface area contributed by atoms with Gasteiger partial charge in [0.25, 0.3) is 0 Å². The van der Waals surface area contributed by atoms with Crippen LogP contribution in [0.2, 0.25) is 0 Å². The van der Waals surface area contributed by atoms with E-state index < -0.39 is 0 Å². The Kier molecular flexibility index (Phi) is 5.01. The van der Waals surface area contributed by atoms with Gasteiger partial charge in [-0.25, -0.2) is 4.98 Å². The molecule has 0 saturated carbocycles. The van der Waals surface area contributed by atoms with E-state index >= 15 is 0 Å². The van der Waals surface area contributed by atoms with Crippen molar-refractivity contribution in [3.63, 3.8) is 0 Å². The van der Waals surface area contributed by atoms with E-state index in [9.17, 15) is 4.79 Å². The van der Waals surface area contributed by atoms with Gasteiger partial charge in [-0.3, -0.25) is 4.79 Å². The maximum atomic E-state index is 12.4. The number of aromatic nitrogens is 2. The fourth-order valence-electron chi connectivity index (χ4n) is 2.43. The van der Waals surface area contributed by atoms with Gasteiger partial charge in [-0.05, 0) is 31.2 Å². The minimum atomic E-state index is -0.259. The molecule has 0 spiro atoms. The number of allylic oxidation sites excluding steroid dienone is 1. The van der Waals surface area contributed by atoms with Gasteiger partial charge in [-0.1, -0.05) is 48.2 Å². The van der Waals surface area contributed by atoms with Gasteiger partial charge in [0.05, 0.1) is 16.3 Å². The molecule has 1 atom stereocenters. The maximum Gasteiger partial charge on any atom is 0.237 e. The first kappa shape index (κ1) is 16.3. The standard InChI is InChI=1S/C19H19N3OS/c1-3-13-22-17-12-8-7-11-16(17)21-19(22)24-14(2)18(23)20-15-9-5-4-6-10-15/h3-12,14H,1,13H2,2H3,(H,20,23)/t14-/m1/s1. The maximum absolute atomic E-state index is 12.4. The SMILES string of the molecule is C=CCn1c(S[C@H](C)C(=O)Nc2ccccc2)nc2ccccc21. The highest BCUT2D eigenvalue weighted by Gasteiger charge is 2.19. The van der Waals surface area contributed by atoms with Gasteiger partial charge in [0.15, 0.2) is 5.16 Å². The first-order valence-electron chi connectivity index (χ1n) is 7.78. The minimum absolute atomic E-state index is 0.0385. The topological polar surface area (TPSA) is 46.9 Å². The third-order valence-electron chi connectivity index (χ3n) is 3.62. The van der Waals surface area contributed by atoms with Crippen LogP contribution in [0.25, 0.3) is 11.0 Å². The summed E-state index contributed by atoms with van der Waals surface area (Å²) in [4.78, 5) is 17.1. The Bertz CT molecular complexity index is 857. The molecule has 0 radical (unpaired) electrons. The van der Waals surface area contributed by atoms with E-state index in [1.165, 1.54) is 11.8 Å². The van der Waals surface area contributed by atoms with E-state index in [1.54, 1.807) is 0 Å². The molecule has 0 aliphatic heterocycles. The summed E-state index contributed by atoms with van der Waals surface area (Å²) in [6, 6.07) is 17.4. The molecule has 122 valence electrons. The average molecular weight is 337 g/mol. The van der Waals surface area contributed by atoms with Gasteiger partial charge in [-0.2, -0.15) is 0 Å². The number of thioether (sulfide) groups is 1. The molecule has 1 amide bonds. The fraction of sp³-hybridized carbons (Fsp3) is 0.158.